The highest BCUT2D eigenvalue weighted by Gasteiger charge is 1.92. The summed E-state index contributed by atoms with van der Waals surface area (Å²) >= 11 is 0. The van der Waals surface area contributed by atoms with E-state index in [1.807, 2.05) is 0 Å². The second-order valence-electron chi connectivity index (χ2n) is 3.58. The van der Waals surface area contributed by atoms with Crippen LogP contribution in [0.4, 0.5) is 0 Å². The Balaban J connectivity index is -0.0000000793. The molecule has 0 amide bonds. The first-order valence-corrected chi connectivity index (χ1v) is 6.84. The molecule has 0 spiro atoms. The number of aliphatic hydroxyl groups is 3. The van der Waals surface area contributed by atoms with Gasteiger partial charge in [-0.3, -0.25) is 0 Å². The maximum Gasteiger partial charge on any atom is 0.631 e. The average Bonchev–Trinajstić information content (AvgIpc) is 2.33. The van der Waals surface area contributed by atoms with Gasteiger partial charge in [0.1, 0.15) is 0 Å². The van der Waals surface area contributed by atoms with Crippen LogP contribution in [0, 0.1) is 0 Å². The fraction of sp³-hybridized carbons (Fsp3) is 1.00. The Hall–Kier alpha value is -0.175. The second-order valence-corrected chi connectivity index (χ2v) is 3.58. The van der Waals surface area contributed by atoms with E-state index in [1.165, 1.54) is 0 Å². The molecule has 0 heterocycles. The van der Waals surface area contributed by atoms with E-state index < -0.39 is 7.32 Å². The maximum atomic E-state index is 8.07. The molecule has 0 aromatic carbocycles. The maximum absolute atomic E-state index is 8.07. The summed E-state index contributed by atoms with van der Waals surface area (Å²) in [6.45, 7) is 7.19. The number of hydrogen-bond donors (Lipinski definition) is 6. The van der Waals surface area contributed by atoms with E-state index in [2.05, 4.69) is 20.8 Å². The highest BCUT2D eigenvalue weighted by atomic mass is 16.5. The van der Waals surface area contributed by atoms with Crippen LogP contribution < -0.4 is 0 Å². The minimum absolute atomic E-state index is 0.344. The van der Waals surface area contributed by atoms with E-state index in [9.17, 15) is 0 Å². The second kappa shape index (κ2) is 36.1. The Morgan fingerprint density at radius 1 is 0.579 bits per heavy atom. The van der Waals surface area contributed by atoms with Gasteiger partial charge in [-0.2, -0.15) is 0 Å². The number of unbranched alkanes of at least 4 members (excludes halogenated alkanes) is 3. The molecule has 0 aliphatic heterocycles. The topological polar surface area (TPSA) is 121 Å². The van der Waals surface area contributed by atoms with Gasteiger partial charge in [0.05, 0.1) is 0 Å². The van der Waals surface area contributed by atoms with Crippen molar-refractivity contribution in [2.24, 2.45) is 0 Å². The zero-order valence-corrected chi connectivity index (χ0v) is 12.6. The summed E-state index contributed by atoms with van der Waals surface area (Å²) in [5.41, 5.74) is 0. The molecule has 120 valence electrons. The molecule has 0 atom stereocenters. The van der Waals surface area contributed by atoms with Gasteiger partial charge in [0.2, 0.25) is 0 Å². The summed E-state index contributed by atoms with van der Waals surface area (Å²) in [7, 11) is -2.17. The smallest absolute Gasteiger partial charge is 0.402 e. The third-order valence-electron chi connectivity index (χ3n) is 1.54. The van der Waals surface area contributed by atoms with Crippen LogP contribution in [-0.4, -0.2) is 57.5 Å². The first-order chi connectivity index (χ1) is 8.97. The molecule has 6 nitrogen and oxygen atoms in total. The van der Waals surface area contributed by atoms with E-state index in [0.29, 0.717) is 19.8 Å². The van der Waals surface area contributed by atoms with Gasteiger partial charge >= 0.3 is 7.32 Å². The van der Waals surface area contributed by atoms with E-state index in [-0.39, 0.29) is 0 Å². The van der Waals surface area contributed by atoms with Gasteiger partial charge in [0.25, 0.3) is 0 Å². The van der Waals surface area contributed by atoms with Crippen LogP contribution >= 0.6 is 0 Å². The van der Waals surface area contributed by atoms with E-state index in [4.69, 9.17) is 30.4 Å². The van der Waals surface area contributed by atoms with Gasteiger partial charge in [0.15, 0.2) is 0 Å². The van der Waals surface area contributed by atoms with Crippen molar-refractivity contribution in [2.75, 3.05) is 19.8 Å². The fourth-order valence-corrected chi connectivity index (χ4v) is 0.474. The lowest BCUT2D eigenvalue weighted by Gasteiger charge is -1.79. The standard InChI is InChI=1S/3C4H10O.BH3O3/c3*1-2-3-4-5;2-1(3)4/h3*5H,2-4H2,1H3;2-4H. The minimum Gasteiger partial charge on any atom is -0.402 e. The van der Waals surface area contributed by atoms with Crippen LogP contribution in [-0.2, 0) is 0 Å². The van der Waals surface area contributed by atoms with Crippen molar-refractivity contribution in [1.82, 2.24) is 0 Å². The normalized spacial score (nSPS) is 8.05. The number of aliphatic hydroxyl groups excluding tert-OH is 3. The van der Waals surface area contributed by atoms with Crippen molar-refractivity contribution >= 4 is 7.32 Å². The Labute approximate surface area is 117 Å². The minimum atomic E-state index is -2.17. The Bertz CT molecular complexity index is 83.2. The van der Waals surface area contributed by atoms with Crippen molar-refractivity contribution in [3.63, 3.8) is 0 Å². The Kier molecular flexibility index (Phi) is 51.7. The lowest BCUT2D eigenvalue weighted by atomic mass is 10.3. The fourth-order valence-electron chi connectivity index (χ4n) is 0.474. The lowest BCUT2D eigenvalue weighted by Crippen LogP contribution is -2.07. The third-order valence-corrected chi connectivity index (χ3v) is 1.54. The van der Waals surface area contributed by atoms with Crippen molar-refractivity contribution in [3.05, 3.63) is 0 Å². The van der Waals surface area contributed by atoms with Crippen molar-refractivity contribution in [1.29, 1.82) is 0 Å². The van der Waals surface area contributed by atoms with Gasteiger partial charge in [-0.1, -0.05) is 40.0 Å². The SMILES string of the molecule is CCCCO.CCCCO.CCCCO.OB(O)O. The molecule has 0 saturated carbocycles. The van der Waals surface area contributed by atoms with Crippen LogP contribution in [0.5, 0.6) is 0 Å². The first-order valence-electron chi connectivity index (χ1n) is 6.84. The Morgan fingerprint density at radius 2 is 0.737 bits per heavy atom. The summed E-state index contributed by atoms with van der Waals surface area (Å²) in [5, 5.41) is 45.7. The molecule has 0 fully saturated rings. The zero-order chi connectivity index (χ0) is 15.9. The average molecular weight is 284 g/mol. The molecule has 7 heteroatoms. The molecule has 6 N–H and O–H groups in total. The van der Waals surface area contributed by atoms with Crippen LogP contribution in [0.3, 0.4) is 0 Å². The van der Waals surface area contributed by atoms with Gasteiger partial charge in [0, 0.05) is 19.8 Å². The van der Waals surface area contributed by atoms with Gasteiger partial charge < -0.3 is 30.4 Å². The molecular weight excluding hydrogens is 251 g/mol. The van der Waals surface area contributed by atoms with Gasteiger partial charge in [-0.25, -0.2) is 0 Å². The quantitative estimate of drug-likeness (QED) is 0.390. The van der Waals surface area contributed by atoms with Gasteiger partial charge in [-0.05, 0) is 19.3 Å². The molecule has 0 saturated heterocycles. The monoisotopic (exact) mass is 284 g/mol. The van der Waals surface area contributed by atoms with Crippen molar-refractivity contribution < 1.29 is 30.4 Å². The van der Waals surface area contributed by atoms with Crippen molar-refractivity contribution in [2.45, 2.75) is 59.3 Å². The third kappa shape index (κ3) is 132. The highest BCUT2D eigenvalue weighted by Crippen LogP contribution is 1.79. The summed E-state index contributed by atoms with van der Waals surface area (Å²) in [5.74, 6) is 0. The summed E-state index contributed by atoms with van der Waals surface area (Å²) in [6, 6.07) is 0. The largest absolute Gasteiger partial charge is 0.631 e. The molecular formula is C12H33BO6. The molecule has 0 aliphatic carbocycles. The van der Waals surface area contributed by atoms with E-state index >= 15 is 0 Å². The predicted octanol–water partition coefficient (Wildman–Crippen LogP) is 0.285. The van der Waals surface area contributed by atoms with Crippen LogP contribution in [0.1, 0.15) is 59.3 Å². The zero-order valence-electron chi connectivity index (χ0n) is 12.6. The molecule has 0 rings (SSSR count). The Morgan fingerprint density at radius 3 is 0.737 bits per heavy atom. The first kappa shape index (κ1) is 27.2. The summed E-state index contributed by atoms with van der Waals surface area (Å²) in [6.07, 6.45) is 6.11. The lowest BCUT2D eigenvalue weighted by molar-refractivity contribution is 0.278. The highest BCUT2D eigenvalue weighted by molar-refractivity contribution is 6.30. The van der Waals surface area contributed by atoms with E-state index in [1.54, 1.807) is 0 Å². The summed E-state index contributed by atoms with van der Waals surface area (Å²) < 4.78 is 0. The van der Waals surface area contributed by atoms with Gasteiger partial charge in [-0.15, -0.1) is 0 Å². The number of hydrogen-bond acceptors (Lipinski definition) is 6. The molecule has 0 aromatic heterocycles. The summed E-state index contributed by atoms with van der Waals surface area (Å²) in [4.78, 5) is 0. The molecule has 0 bridgehead atoms. The van der Waals surface area contributed by atoms with Crippen LogP contribution in [0.2, 0.25) is 0 Å². The molecule has 19 heavy (non-hydrogen) atoms. The van der Waals surface area contributed by atoms with E-state index in [0.717, 1.165) is 38.5 Å². The molecule has 0 aromatic rings. The molecule has 0 unspecified atom stereocenters. The van der Waals surface area contributed by atoms with Crippen LogP contribution in [0.25, 0.3) is 0 Å². The van der Waals surface area contributed by atoms with Crippen molar-refractivity contribution in [3.8, 4) is 0 Å². The number of rotatable bonds is 6. The predicted molar refractivity (Wildman–Crippen MR) is 78.4 cm³/mol. The van der Waals surface area contributed by atoms with Crippen LogP contribution in [0.15, 0.2) is 0 Å². The molecule has 0 aliphatic rings. The molecule has 0 radical (unpaired) electrons.